The van der Waals surface area contributed by atoms with Gasteiger partial charge in [0, 0.05) is 6.04 Å². The van der Waals surface area contributed by atoms with Crippen LogP contribution in [0.25, 0.3) is 11.1 Å². The minimum absolute atomic E-state index is 0.104. The second-order valence-corrected chi connectivity index (χ2v) is 9.29. The lowest BCUT2D eigenvalue weighted by Crippen LogP contribution is -2.44. The summed E-state index contributed by atoms with van der Waals surface area (Å²) in [6.45, 7) is 1.33. The number of aliphatic hydroxyl groups excluding tert-OH is 1. The minimum atomic E-state index is -1.22. The Labute approximate surface area is 215 Å². The van der Waals surface area contributed by atoms with E-state index in [2.05, 4.69) is 20.7 Å². The smallest absolute Gasteiger partial charge is 0.314 e. The highest BCUT2D eigenvalue weighted by atomic mass is 16.5. The number of amides is 1. The van der Waals surface area contributed by atoms with Crippen LogP contribution in [-0.2, 0) is 22.6 Å². The summed E-state index contributed by atoms with van der Waals surface area (Å²) in [4.78, 5) is 25.9. The van der Waals surface area contributed by atoms with E-state index in [-0.39, 0.29) is 18.7 Å². The molecule has 3 aromatic carbocycles. The first-order valence-electron chi connectivity index (χ1n) is 12.1. The predicted octanol–water partition coefficient (Wildman–Crippen LogP) is 3.94. The fraction of sp³-hybridized carbons (Fsp3) is 0.241. The standard InChI is InChI=1S/C29H30N4O4/c1-29(20-34,28(36)37-19-22-8-4-2-5-9-22)17-25(31-27(35)26-18-30-33-32-26)16-21-12-14-24(15-13-21)23-10-6-3-7-11-23/h2-15,18,25,34H,16-17,19-20H2,1H3,(H,31,35)(H,30,32,33)/t25-,29?/m1/s1. The molecule has 0 fully saturated rings. The van der Waals surface area contributed by atoms with Gasteiger partial charge in [0.05, 0.1) is 18.2 Å². The largest absolute Gasteiger partial charge is 0.460 e. The van der Waals surface area contributed by atoms with Crippen LogP contribution in [0.3, 0.4) is 0 Å². The zero-order valence-corrected chi connectivity index (χ0v) is 20.6. The van der Waals surface area contributed by atoms with Gasteiger partial charge >= 0.3 is 5.97 Å². The number of aliphatic hydroxyl groups is 1. The molecule has 1 unspecified atom stereocenters. The van der Waals surface area contributed by atoms with Gasteiger partial charge in [-0.2, -0.15) is 0 Å². The molecular weight excluding hydrogens is 468 g/mol. The molecule has 3 N–H and O–H groups in total. The van der Waals surface area contributed by atoms with Crippen molar-refractivity contribution in [2.75, 3.05) is 6.61 Å². The van der Waals surface area contributed by atoms with E-state index in [0.717, 1.165) is 22.3 Å². The van der Waals surface area contributed by atoms with Crippen molar-refractivity contribution in [1.82, 2.24) is 20.7 Å². The third-order valence-corrected chi connectivity index (χ3v) is 6.29. The van der Waals surface area contributed by atoms with Crippen molar-refractivity contribution in [3.8, 4) is 11.1 Å². The Balaban J connectivity index is 1.50. The highest BCUT2D eigenvalue weighted by Crippen LogP contribution is 2.28. The number of carbonyl (C=O) groups excluding carboxylic acids is 2. The van der Waals surface area contributed by atoms with E-state index in [4.69, 9.17) is 4.74 Å². The molecule has 1 aromatic heterocycles. The van der Waals surface area contributed by atoms with Crippen molar-refractivity contribution in [3.05, 3.63) is 108 Å². The van der Waals surface area contributed by atoms with Crippen molar-refractivity contribution in [1.29, 1.82) is 0 Å². The van der Waals surface area contributed by atoms with Gasteiger partial charge in [-0.1, -0.05) is 90.1 Å². The Morgan fingerprint density at radius 3 is 2.22 bits per heavy atom. The van der Waals surface area contributed by atoms with Crippen molar-refractivity contribution in [3.63, 3.8) is 0 Å². The number of aromatic amines is 1. The number of esters is 1. The molecule has 0 radical (unpaired) electrons. The number of hydrogen-bond donors (Lipinski definition) is 3. The molecule has 0 aliphatic carbocycles. The van der Waals surface area contributed by atoms with Crippen LogP contribution in [0.2, 0.25) is 0 Å². The van der Waals surface area contributed by atoms with E-state index in [9.17, 15) is 14.7 Å². The molecule has 37 heavy (non-hydrogen) atoms. The minimum Gasteiger partial charge on any atom is -0.460 e. The molecule has 0 saturated heterocycles. The number of aromatic nitrogens is 3. The summed E-state index contributed by atoms with van der Waals surface area (Å²) in [6, 6.07) is 27.0. The first-order valence-corrected chi connectivity index (χ1v) is 12.1. The maximum Gasteiger partial charge on any atom is 0.314 e. The number of benzene rings is 3. The molecule has 0 aliphatic heterocycles. The maximum atomic E-state index is 13.1. The second-order valence-electron chi connectivity index (χ2n) is 9.29. The summed E-state index contributed by atoms with van der Waals surface area (Å²) < 4.78 is 5.54. The topological polar surface area (TPSA) is 117 Å². The van der Waals surface area contributed by atoms with Crippen LogP contribution >= 0.6 is 0 Å². The molecule has 8 heteroatoms. The van der Waals surface area contributed by atoms with Gasteiger partial charge in [0.2, 0.25) is 0 Å². The van der Waals surface area contributed by atoms with Gasteiger partial charge in [-0.25, -0.2) is 0 Å². The maximum absolute atomic E-state index is 13.1. The zero-order valence-electron chi connectivity index (χ0n) is 20.6. The molecule has 0 spiro atoms. The summed E-state index contributed by atoms with van der Waals surface area (Å²) in [5.41, 5.74) is 3.01. The molecule has 4 aromatic rings. The number of ether oxygens (including phenoxy) is 1. The molecule has 0 aliphatic rings. The third-order valence-electron chi connectivity index (χ3n) is 6.29. The predicted molar refractivity (Wildman–Crippen MR) is 139 cm³/mol. The zero-order chi connectivity index (χ0) is 26.1. The number of hydrogen-bond acceptors (Lipinski definition) is 6. The average molecular weight is 499 g/mol. The van der Waals surface area contributed by atoms with Crippen LogP contribution < -0.4 is 5.32 Å². The van der Waals surface area contributed by atoms with Crippen LogP contribution in [0.15, 0.2) is 91.1 Å². The van der Waals surface area contributed by atoms with E-state index in [0.29, 0.717) is 6.42 Å². The number of rotatable bonds is 11. The Morgan fingerprint density at radius 1 is 0.946 bits per heavy atom. The molecule has 1 heterocycles. The van der Waals surface area contributed by atoms with E-state index < -0.39 is 29.9 Å². The Morgan fingerprint density at radius 2 is 1.59 bits per heavy atom. The van der Waals surface area contributed by atoms with E-state index in [1.165, 1.54) is 6.20 Å². The molecule has 0 saturated carbocycles. The van der Waals surface area contributed by atoms with Crippen LogP contribution in [0.4, 0.5) is 0 Å². The summed E-state index contributed by atoms with van der Waals surface area (Å²) in [7, 11) is 0. The normalized spacial score (nSPS) is 13.4. The quantitative estimate of drug-likeness (QED) is 0.270. The van der Waals surface area contributed by atoms with Crippen molar-refractivity contribution in [2.45, 2.75) is 32.4 Å². The van der Waals surface area contributed by atoms with Crippen LogP contribution in [0.1, 0.15) is 35.0 Å². The average Bonchev–Trinajstić information content (AvgIpc) is 3.48. The molecule has 4 rings (SSSR count). The molecule has 0 bridgehead atoms. The first kappa shape index (κ1) is 25.8. The molecule has 190 valence electrons. The Kier molecular flexibility index (Phi) is 8.43. The monoisotopic (exact) mass is 498 g/mol. The molecular formula is C29H30N4O4. The molecule has 8 nitrogen and oxygen atoms in total. The number of H-pyrrole nitrogens is 1. The van der Waals surface area contributed by atoms with Gasteiger partial charge in [0.15, 0.2) is 0 Å². The van der Waals surface area contributed by atoms with E-state index >= 15 is 0 Å². The highest BCUT2D eigenvalue weighted by molar-refractivity contribution is 5.92. The summed E-state index contributed by atoms with van der Waals surface area (Å²) in [6.07, 6.45) is 1.95. The van der Waals surface area contributed by atoms with Gasteiger partial charge in [-0.05, 0) is 42.0 Å². The van der Waals surface area contributed by atoms with Crippen LogP contribution in [0, 0.1) is 5.41 Å². The number of nitrogens with zero attached hydrogens (tertiary/aromatic N) is 2. The lowest BCUT2D eigenvalue weighted by molar-refractivity contribution is -0.159. The van der Waals surface area contributed by atoms with Crippen LogP contribution in [-0.4, -0.2) is 45.0 Å². The van der Waals surface area contributed by atoms with Gasteiger partial charge < -0.3 is 15.2 Å². The lowest BCUT2D eigenvalue weighted by Gasteiger charge is -2.30. The van der Waals surface area contributed by atoms with Crippen molar-refractivity contribution >= 4 is 11.9 Å². The third kappa shape index (κ3) is 6.89. The molecule has 1 amide bonds. The van der Waals surface area contributed by atoms with Gasteiger partial charge in [-0.15, -0.1) is 5.10 Å². The Bertz CT molecular complexity index is 1280. The van der Waals surface area contributed by atoms with Crippen molar-refractivity contribution in [2.24, 2.45) is 5.41 Å². The summed E-state index contributed by atoms with van der Waals surface area (Å²) in [5.74, 6) is -0.922. The van der Waals surface area contributed by atoms with E-state index in [1.807, 2.05) is 84.9 Å². The van der Waals surface area contributed by atoms with Crippen molar-refractivity contribution < 1.29 is 19.4 Å². The van der Waals surface area contributed by atoms with E-state index in [1.54, 1.807) is 6.92 Å². The fourth-order valence-electron chi connectivity index (χ4n) is 4.15. The fourth-order valence-corrected chi connectivity index (χ4v) is 4.15. The second kappa shape index (κ2) is 12.1. The number of nitrogens with one attached hydrogen (secondary N) is 2. The Hall–Kier alpha value is -4.30. The first-order chi connectivity index (χ1) is 18.0. The van der Waals surface area contributed by atoms with Gasteiger partial charge in [0.25, 0.3) is 5.91 Å². The molecule has 2 atom stereocenters. The van der Waals surface area contributed by atoms with Crippen LogP contribution in [0.5, 0.6) is 0 Å². The van der Waals surface area contributed by atoms with Gasteiger partial charge in [-0.3, -0.25) is 14.7 Å². The number of carbonyl (C=O) groups is 2. The summed E-state index contributed by atoms with van der Waals surface area (Å²) >= 11 is 0. The highest BCUT2D eigenvalue weighted by Gasteiger charge is 2.37. The SMILES string of the molecule is CC(CO)(C[C@@H](Cc1ccc(-c2ccccc2)cc1)NC(=O)c1cnn[nH]1)C(=O)OCc1ccccc1. The lowest BCUT2D eigenvalue weighted by atomic mass is 9.82. The van der Waals surface area contributed by atoms with Gasteiger partial charge in [0.1, 0.15) is 12.3 Å². The summed E-state index contributed by atoms with van der Waals surface area (Å²) in [5, 5.41) is 23.0.